The van der Waals surface area contributed by atoms with Crippen molar-refractivity contribution in [3.8, 4) is 0 Å². The van der Waals surface area contributed by atoms with E-state index in [1.165, 1.54) is 11.8 Å². The summed E-state index contributed by atoms with van der Waals surface area (Å²) in [7, 11) is 0. The first-order chi connectivity index (χ1) is 6.07. The Morgan fingerprint density at radius 3 is 2.69 bits per heavy atom. The van der Waals surface area contributed by atoms with Gasteiger partial charge in [0.25, 0.3) is 0 Å². The summed E-state index contributed by atoms with van der Waals surface area (Å²) in [5.74, 6) is 0.144. The molecule has 0 aromatic carbocycles. The highest BCUT2D eigenvalue weighted by Crippen LogP contribution is 2.39. The van der Waals surface area contributed by atoms with Crippen LogP contribution in [0.5, 0.6) is 0 Å². The zero-order chi connectivity index (χ0) is 9.90. The van der Waals surface area contributed by atoms with E-state index in [2.05, 4.69) is 0 Å². The van der Waals surface area contributed by atoms with Gasteiger partial charge in [-0.25, -0.2) is 8.78 Å². The summed E-state index contributed by atoms with van der Waals surface area (Å²) in [6.45, 7) is 0. The van der Waals surface area contributed by atoms with Gasteiger partial charge in [-0.2, -0.15) is 11.8 Å². The van der Waals surface area contributed by atoms with E-state index in [1.807, 2.05) is 0 Å². The maximum Gasteiger partial charge on any atom is 0.310 e. The minimum absolute atomic E-state index is 0.326. The molecule has 0 bridgehead atoms. The molecule has 1 heterocycles. The van der Waals surface area contributed by atoms with Crippen LogP contribution in [0.25, 0.3) is 0 Å². The lowest BCUT2D eigenvalue weighted by molar-refractivity contribution is -0.150. The largest absolute Gasteiger partial charge is 0.481 e. The molecule has 76 valence electrons. The number of thioether (sulfide) groups is 1. The number of alkyl halides is 2. The van der Waals surface area contributed by atoms with Crippen molar-refractivity contribution in [3.05, 3.63) is 0 Å². The number of rotatable bonds is 3. The number of hydrogen-bond acceptors (Lipinski definition) is 2. The molecule has 0 spiro atoms. The van der Waals surface area contributed by atoms with Gasteiger partial charge in [0.2, 0.25) is 6.43 Å². The van der Waals surface area contributed by atoms with Gasteiger partial charge in [0.1, 0.15) is 0 Å². The minimum Gasteiger partial charge on any atom is -0.481 e. The molecule has 0 aromatic heterocycles. The number of halogens is 2. The molecule has 0 aromatic rings. The lowest BCUT2D eigenvalue weighted by atomic mass is 9.82. The Bertz CT molecular complexity index is 191. The number of hydrogen-bond donors (Lipinski definition) is 1. The second-order valence-electron chi connectivity index (χ2n) is 3.34. The van der Waals surface area contributed by atoms with E-state index in [1.54, 1.807) is 0 Å². The maximum absolute atomic E-state index is 12.2. The number of carboxylic acid groups (broad SMARTS) is 1. The summed E-state index contributed by atoms with van der Waals surface area (Å²) in [5.41, 5.74) is -1.17. The van der Waals surface area contributed by atoms with Crippen LogP contribution in [0.2, 0.25) is 0 Å². The quantitative estimate of drug-likeness (QED) is 0.776. The Morgan fingerprint density at radius 1 is 1.62 bits per heavy atom. The average Bonchev–Trinajstić information content (AvgIpc) is 2.04. The van der Waals surface area contributed by atoms with Gasteiger partial charge in [-0.3, -0.25) is 4.79 Å². The van der Waals surface area contributed by atoms with Crippen LogP contribution in [0.3, 0.4) is 0 Å². The van der Waals surface area contributed by atoms with Crippen molar-refractivity contribution in [3.63, 3.8) is 0 Å². The maximum atomic E-state index is 12.2. The van der Waals surface area contributed by atoms with Gasteiger partial charge in [-0.05, 0) is 18.6 Å². The highest BCUT2D eigenvalue weighted by Gasteiger charge is 2.42. The fourth-order valence-electron chi connectivity index (χ4n) is 1.56. The summed E-state index contributed by atoms with van der Waals surface area (Å²) in [5, 5.41) is 8.89. The Labute approximate surface area is 79.7 Å². The van der Waals surface area contributed by atoms with Gasteiger partial charge < -0.3 is 5.11 Å². The molecule has 1 atom stereocenters. The van der Waals surface area contributed by atoms with Gasteiger partial charge in [-0.1, -0.05) is 0 Å². The molecule has 0 amide bonds. The summed E-state index contributed by atoms with van der Waals surface area (Å²) < 4.78 is 24.3. The fourth-order valence-corrected chi connectivity index (χ4v) is 2.83. The summed E-state index contributed by atoms with van der Waals surface area (Å²) in [4.78, 5) is 10.9. The highest BCUT2D eigenvalue weighted by atomic mass is 32.2. The van der Waals surface area contributed by atoms with Gasteiger partial charge >= 0.3 is 5.97 Å². The van der Waals surface area contributed by atoms with Crippen LogP contribution in [-0.2, 0) is 4.79 Å². The van der Waals surface area contributed by atoms with Crippen molar-refractivity contribution in [1.29, 1.82) is 0 Å². The Morgan fingerprint density at radius 2 is 2.31 bits per heavy atom. The van der Waals surface area contributed by atoms with Crippen LogP contribution in [-0.4, -0.2) is 29.0 Å². The summed E-state index contributed by atoms with van der Waals surface area (Å²) in [6.07, 6.45) is -1.91. The molecular weight excluding hydrogens is 198 g/mol. The van der Waals surface area contributed by atoms with Crippen molar-refractivity contribution in [2.75, 3.05) is 11.5 Å². The lowest BCUT2D eigenvalue weighted by Gasteiger charge is -2.32. The number of carbonyl (C=O) groups is 1. The third kappa shape index (κ3) is 2.56. The highest BCUT2D eigenvalue weighted by molar-refractivity contribution is 7.99. The van der Waals surface area contributed by atoms with Gasteiger partial charge in [0.15, 0.2) is 0 Å². The third-order valence-electron chi connectivity index (χ3n) is 2.32. The molecule has 13 heavy (non-hydrogen) atoms. The van der Waals surface area contributed by atoms with Crippen LogP contribution in [0.15, 0.2) is 0 Å². The molecule has 2 nitrogen and oxygen atoms in total. The molecule has 5 heteroatoms. The summed E-state index contributed by atoms with van der Waals surface area (Å²) in [6, 6.07) is 0. The zero-order valence-electron chi connectivity index (χ0n) is 7.13. The molecule has 0 aliphatic carbocycles. The van der Waals surface area contributed by atoms with Gasteiger partial charge in [0, 0.05) is 12.2 Å². The molecule has 1 saturated heterocycles. The Kier molecular flexibility index (Phi) is 3.53. The third-order valence-corrected chi connectivity index (χ3v) is 3.66. The summed E-state index contributed by atoms with van der Waals surface area (Å²) >= 11 is 1.46. The van der Waals surface area contributed by atoms with Crippen LogP contribution in [0.1, 0.15) is 19.3 Å². The average molecular weight is 210 g/mol. The number of carboxylic acids is 1. The van der Waals surface area contributed by atoms with E-state index >= 15 is 0 Å². The second kappa shape index (κ2) is 4.26. The van der Waals surface area contributed by atoms with Crippen molar-refractivity contribution in [2.45, 2.75) is 25.7 Å². The van der Waals surface area contributed by atoms with Crippen molar-refractivity contribution >= 4 is 17.7 Å². The molecule has 1 aliphatic heterocycles. The molecule has 0 radical (unpaired) electrons. The molecular formula is C8H12F2O2S. The fraction of sp³-hybridized carbons (Fsp3) is 0.875. The monoisotopic (exact) mass is 210 g/mol. The molecule has 0 saturated carbocycles. The minimum atomic E-state index is -2.52. The molecule has 1 aliphatic rings. The topological polar surface area (TPSA) is 37.3 Å². The first-order valence-corrected chi connectivity index (χ1v) is 5.32. The second-order valence-corrected chi connectivity index (χ2v) is 4.44. The molecule has 1 N–H and O–H groups in total. The van der Waals surface area contributed by atoms with Gasteiger partial charge in [-0.15, -0.1) is 0 Å². The van der Waals surface area contributed by atoms with E-state index in [-0.39, 0.29) is 0 Å². The smallest absolute Gasteiger partial charge is 0.310 e. The standard InChI is InChI=1S/C8H12F2O2S/c9-6(10)4-8(7(11)12)2-1-3-13-5-8/h6H,1-5H2,(H,11,12). The Balaban J connectivity index is 2.67. The molecule has 1 fully saturated rings. The predicted octanol–water partition coefficient (Wildman–Crippen LogP) is 2.24. The normalized spacial score (nSPS) is 29.2. The first-order valence-electron chi connectivity index (χ1n) is 4.16. The van der Waals surface area contributed by atoms with E-state index in [0.29, 0.717) is 12.2 Å². The molecule has 1 rings (SSSR count). The van der Waals surface area contributed by atoms with Crippen LogP contribution >= 0.6 is 11.8 Å². The van der Waals surface area contributed by atoms with E-state index in [4.69, 9.17) is 5.11 Å². The van der Waals surface area contributed by atoms with Crippen LogP contribution in [0, 0.1) is 5.41 Å². The van der Waals surface area contributed by atoms with Gasteiger partial charge in [0.05, 0.1) is 5.41 Å². The SMILES string of the molecule is O=C(O)C1(CC(F)F)CCCSC1. The predicted molar refractivity (Wildman–Crippen MR) is 47.2 cm³/mol. The van der Waals surface area contributed by atoms with Crippen molar-refractivity contribution in [2.24, 2.45) is 5.41 Å². The van der Waals surface area contributed by atoms with Crippen molar-refractivity contribution < 1.29 is 18.7 Å². The lowest BCUT2D eigenvalue weighted by Crippen LogP contribution is -2.38. The Hall–Kier alpha value is -0.320. The van der Waals surface area contributed by atoms with E-state index in [9.17, 15) is 13.6 Å². The number of aliphatic carboxylic acids is 1. The van der Waals surface area contributed by atoms with Crippen LogP contribution in [0.4, 0.5) is 8.78 Å². The van der Waals surface area contributed by atoms with Crippen molar-refractivity contribution in [1.82, 2.24) is 0 Å². The van der Waals surface area contributed by atoms with E-state index in [0.717, 1.165) is 12.2 Å². The first kappa shape index (κ1) is 10.8. The van der Waals surface area contributed by atoms with Crippen LogP contribution < -0.4 is 0 Å². The van der Waals surface area contributed by atoms with E-state index < -0.39 is 24.2 Å². The zero-order valence-corrected chi connectivity index (χ0v) is 7.95. The molecule has 1 unspecified atom stereocenters.